The van der Waals surface area contributed by atoms with E-state index in [1.807, 2.05) is 78.2 Å². The zero-order valence-electron chi connectivity index (χ0n) is 33.5. The summed E-state index contributed by atoms with van der Waals surface area (Å²) in [5, 5.41) is 5.85. The van der Waals surface area contributed by atoms with Crippen LogP contribution < -0.4 is 10.4 Å². The topological polar surface area (TPSA) is 100 Å². The Bertz CT molecular complexity index is 2000. The van der Waals surface area contributed by atoms with Crippen molar-refractivity contribution in [1.29, 1.82) is 0 Å². The molecule has 0 unspecified atom stereocenters. The van der Waals surface area contributed by atoms with Crippen LogP contribution in [0.3, 0.4) is 0 Å². The highest BCUT2D eigenvalue weighted by Crippen LogP contribution is 2.42. The molecule has 6 rings (SSSR count). The summed E-state index contributed by atoms with van der Waals surface area (Å²) in [5.74, 6) is -0.0142. The van der Waals surface area contributed by atoms with Gasteiger partial charge in [-0.05, 0) is 117 Å². The molecule has 1 aromatic carbocycles. The molecule has 0 N–H and O–H groups in total. The van der Waals surface area contributed by atoms with Gasteiger partial charge >= 0.3 is 13.1 Å². The predicted octanol–water partition coefficient (Wildman–Crippen LogP) is 8.18. The first-order valence-corrected chi connectivity index (χ1v) is 19.8. The Morgan fingerprint density at radius 2 is 1.81 bits per heavy atom. The Morgan fingerprint density at radius 1 is 1.13 bits per heavy atom. The van der Waals surface area contributed by atoms with Crippen molar-refractivity contribution in [3.8, 4) is 10.7 Å². The number of esters is 1. The third-order valence-corrected chi connectivity index (χ3v) is 12.0. The lowest BCUT2D eigenvalue weighted by Gasteiger charge is -2.41. The average molecular weight is 760 g/mol. The zero-order chi connectivity index (χ0) is 39.2. The Hall–Kier alpha value is -3.65. The van der Waals surface area contributed by atoms with E-state index in [0.29, 0.717) is 34.5 Å². The number of aryl methyl sites for hydroxylation is 1. The largest absolute Gasteiger partial charge is 0.495 e. The quantitative estimate of drug-likeness (QED) is 0.0805. The molecule has 0 bridgehead atoms. The van der Waals surface area contributed by atoms with E-state index >= 15 is 0 Å². The lowest BCUT2D eigenvalue weighted by atomic mass is 9.75. The van der Waals surface area contributed by atoms with Gasteiger partial charge in [0.1, 0.15) is 22.3 Å². The van der Waals surface area contributed by atoms with Crippen LogP contribution in [-0.2, 0) is 30.0 Å². The van der Waals surface area contributed by atoms with Crippen LogP contribution in [0.25, 0.3) is 16.3 Å². The maximum Gasteiger partial charge on any atom is 0.495 e. The second-order valence-electron chi connectivity index (χ2n) is 17.0. The number of piperidine rings is 1. The molecule has 4 aromatic rings. The van der Waals surface area contributed by atoms with Crippen molar-refractivity contribution in [2.75, 3.05) is 24.6 Å². The predicted molar refractivity (Wildman–Crippen MR) is 213 cm³/mol. The molecular formula is C41H55BFN5O5S. The van der Waals surface area contributed by atoms with Gasteiger partial charge in [0, 0.05) is 42.3 Å². The first kappa shape index (κ1) is 40.0. The summed E-state index contributed by atoms with van der Waals surface area (Å²) >= 11 is 1.52. The third-order valence-electron chi connectivity index (χ3n) is 11.0. The second-order valence-corrected chi connectivity index (χ2v) is 18.1. The van der Waals surface area contributed by atoms with E-state index in [0.717, 1.165) is 60.0 Å². The molecule has 0 saturated carbocycles. The van der Waals surface area contributed by atoms with Crippen LogP contribution in [-0.4, -0.2) is 69.2 Å². The Morgan fingerprint density at radius 3 is 2.44 bits per heavy atom. The number of hydrogen-bond donors (Lipinski definition) is 0. The molecule has 0 amide bonds. The number of benzene rings is 1. The first-order valence-electron chi connectivity index (χ1n) is 19.0. The van der Waals surface area contributed by atoms with Gasteiger partial charge in [0.05, 0.1) is 29.0 Å². The van der Waals surface area contributed by atoms with E-state index in [9.17, 15) is 9.18 Å². The van der Waals surface area contributed by atoms with Crippen LogP contribution in [0.1, 0.15) is 116 Å². The molecule has 54 heavy (non-hydrogen) atoms. The molecule has 2 fully saturated rings. The Balaban J connectivity index is 1.38. The number of ether oxygens (including phenoxy) is 2. The van der Waals surface area contributed by atoms with Crippen LogP contribution in [0.2, 0.25) is 0 Å². The minimum Gasteiger partial charge on any atom is -0.464 e. The van der Waals surface area contributed by atoms with Crippen molar-refractivity contribution in [1.82, 2.24) is 19.6 Å². The minimum atomic E-state index is -1.00. The SMILES string of the molecule is C=CCCC1(C)CCN(c2c([C@H](OC(C)(C)C)C(=O)OCC)c(C)nc3cc(-c4ncc(Cc5ccc(F)cc5B5OC(C)(C)C(C)(C)O5)s4)nn23)CC1. The molecule has 1 atom stereocenters. The first-order chi connectivity index (χ1) is 25.3. The van der Waals surface area contributed by atoms with E-state index in [2.05, 4.69) is 18.4 Å². The summed E-state index contributed by atoms with van der Waals surface area (Å²) in [5.41, 5.74) is 2.67. The normalized spacial score (nSPS) is 18.6. The minimum absolute atomic E-state index is 0.188. The molecule has 0 radical (unpaired) electrons. The molecular weight excluding hydrogens is 704 g/mol. The summed E-state index contributed by atoms with van der Waals surface area (Å²) in [6.07, 6.45) is 7.37. The third kappa shape index (κ3) is 8.29. The van der Waals surface area contributed by atoms with Gasteiger partial charge in [-0.2, -0.15) is 9.61 Å². The number of fused-ring (bicyclic) bond motifs is 1. The van der Waals surface area contributed by atoms with Crippen molar-refractivity contribution in [3.63, 3.8) is 0 Å². The van der Waals surface area contributed by atoms with Crippen molar-refractivity contribution in [2.45, 2.75) is 124 Å². The lowest BCUT2D eigenvalue weighted by Crippen LogP contribution is -2.41. The number of allylic oxidation sites excluding steroid dienone is 1. The number of nitrogens with zero attached hydrogens (tertiary/aromatic N) is 5. The van der Waals surface area contributed by atoms with Crippen molar-refractivity contribution < 1.29 is 28.0 Å². The van der Waals surface area contributed by atoms with Crippen LogP contribution >= 0.6 is 11.3 Å². The zero-order valence-corrected chi connectivity index (χ0v) is 34.4. The van der Waals surface area contributed by atoms with Crippen LogP contribution in [0.4, 0.5) is 10.2 Å². The lowest BCUT2D eigenvalue weighted by molar-refractivity contribution is -0.166. The van der Waals surface area contributed by atoms with E-state index in [1.54, 1.807) is 13.0 Å². The molecule has 2 aliphatic rings. The van der Waals surface area contributed by atoms with Gasteiger partial charge in [-0.15, -0.1) is 17.9 Å². The number of aromatic nitrogens is 4. The highest BCUT2D eigenvalue weighted by Gasteiger charge is 2.52. The number of thiazole rings is 1. The highest BCUT2D eigenvalue weighted by molar-refractivity contribution is 7.15. The summed E-state index contributed by atoms with van der Waals surface area (Å²) in [6, 6.07) is 6.71. The summed E-state index contributed by atoms with van der Waals surface area (Å²) in [6.45, 7) is 25.6. The highest BCUT2D eigenvalue weighted by atomic mass is 32.1. The number of carbonyl (C=O) groups excluding carboxylic acids is 1. The van der Waals surface area contributed by atoms with Gasteiger partial charge < -0.3 is 23.7 Å². The maximum absolute atomic E-state index is 14.6. The molecule has 5 heterocycles. The molecule has 0 spiro atoms. The summed E-state index contributed by atoms with van der Waals surface area (Å²) < 4.78 is 41.1. The van der Waals surface area contributed by atoms with Crippen molar-refractivity contribution in [3.05, 3.63) is 70.6 Å². The molecule has 290 valence electrons. The fourth-order valence-electron chi connectivity index (χ4n) is 7.20. The van der Waals surface area contributed by atoms with Crippen LogP contribution in [0, 0.1) is 18.2 Å². The average Bonchev–Trinajstić information content (AvgIpc) is 3.78. The second kappa shape index (κ2) is 15.1. The standard InChI is InChI=1S/C41H55BFN5O5S/c1-12-14-17-41(11)18-20-47(21-19-41)36-33(34(37(49)50-13-2)51-38(4,5)6)26(3)45-32-24-31(46-48(32)36)35-44-25-29(54-35)22-27-15-16-28(43)23-30(27)42-52-39(7,8)40(9,10)53-42/h12,15-16,23-25,34H,1,13-14,17-22H2,2-11H3/t34-/m0/s1. The number of halogens is 1. The van der Waals surface area contributed by atoms with E-state index in [4.69, 9.17) is 33.8 Å². The molecule has 3 aromatic heterocycles. The van der Waals surface area contributed by atoms with Gasteiger partial charge in [-0.3, -0.25) is 0 Å². The number of hydrogen-bond acceptors (Lipinski definition) is 10. The molecule has 2 saturated heterocycles. The van der Waals surface area contributed by atoms with Gasteiger partial charge in [-0.1, -0.05) is 19.1 Å². The van der Waals surface area contributed by atoms with Gasteiger partial charge in [0.2, 0.25) is 0 Å². The fourth-order valence-corrected chi connectivity index (χ4v) is 8.09. The molecule has 2 aliphatic heterocycles. The number of anilines is 1. The van der Waals surface area contributed by atoms with E-state index < -0.39 is 36.0 Å². The van der Waals surface area contributed by atoms with Gasteiger partial charge in [0.15, 0.2) is 11.8 Å². The molecule has 13 heteroatoms. The Kier molecular flexibility index (Phi) is 11.2. The van der Waals surface area contributed by atoms with E-state index in [-0.39, 0.29) is 17.8 Å². The van der Waals surface area contributed by atoms with E-state index in [1.165, 1.54) is 23.5 Å². The maximum atomic E-state index is 14.6. The van der Waals surface area contributed by atoms with Crippen molar-refractivity contribution in [2.24, 2.45) is 5.41 Å². The summed E-state index contributed by atoms with van der Waals surface area (Å²) in [7, 11) is -0.691. The monoisotopic (exact) mass is 759 g/mol. The molecule has 10 nitrogen and oxygen atoms in total. The Labute approximate surface area is 323 Å². The van der Waals surface area contributed by atoms with Crippen LogP contribution in [0.5, 0.6) is 0 Å². The van der Waals surface area contributed by atoms with Crippen molar-refractivity contribution >= 4 is 41.4 Å². The van der Waals surface area contributed by atoms with Crippen LogP contribution in [0.15, 0.2) is 43.1 Å². The fraction of sp³-hybridized carbons (Fsp3) is 0.561. The smallest absolute Gasteiger partial charge is 0.464 e. The molecule has 0 aliphatic carbocycles. The van der Waals surface area contributed by atoms with Gasteiger partial charge in [-0.25, -0.2) is 19.2 Å². The van der Waals surface area contributed by atoms with Gasteiger partial charge in [0.25, 0.3) is 0 Å². The number of carbonyl (C=O) groups is 1. The number of rotatable bonds is 12. The summed E-state index contributed by atoms with van der Waals surface area (Å²) in [4.78, 5) is 26.7.